The molecule has 20 heavy (non-hydrogen) atoms. The lowest BCUT2D eigenvalue weighted by Gasteiger charge is -2.34. The molecule has 2 rings (SSSR count). The molecule has 1 N–H and O–H groups in total. The van der Waals surface area contributed by atoms with Crippen LogP contribution >= 0.6 is 22.6 Å². The number of hydrogen-bond acceptors (Lipinski definition) is 5. The molecule has 1 atom stereocenters. The number of nitrogens with zero attached hydrogens (tertiary/aromatic N) is 2. The number of nitro benzene ring substituents is 1. The van der Waals surface area contributed by atoms with Crippen molar-refractivity contribution >= 4 is 34.0 Å². The highest BCUT2D eigenvalue weighted by atomic mass is 127. The molecule has 0 spiro atoms. The molecule has 1 aliphatic rings. The van der Waals surface area contributed by atoms with Crippen LogP contribution in [0.5, 0.6) is 0 Å². The molecular formula is C12H15FIN3O3. The zero-order valence-electron chi connectivity index (χ0n) is 10.9. The molecule has 0 amide bonds. The van der Waals surface area contributed by atoms with Crippen LogP contribution in [0.15, 0.2) is 12.1 Å². The van der Waals surface area contributed by atoms with Gasteiger partial charge in [-0.1, -0.05) is 0 Å². The van der Waals surface area contributed by atoms with Crippen LogP contribution in [0.3, 0.4) is 0 Å². The molecule has 1 unspecified atom stereocenters. The summed E-state index contributed by atoms with van der Waals surface area (Å²) in [5.41, 5.74) is 0.248. The maximum atomic E-state index is 13.7. The van der Waals surface area contributed by atoms with Crippen LogP contribution in [0.25, 0.3) is 0 Å². The highest BCUT2D eigenvalue weighted by molar-refractivity contribution is 14.1. The number of morpholine rings is 1. The molecule has 1 aromatic carbocycles. The minimum atomic E-state index is -0.473. The van der Waals surface area contributed by atoms with Crippen LogP contribution in [0.1, 0.15) is 0 Å². The Balaban J connectivity index is 2.31. The van der Waals surface area contributed by atoms with Gasteiger partial charge in [0, 0.05) is 31.8 Å². The summed E-state index contributed by atoms with van der Waals surface area (Å²) in [6.45, 7) is 2.14. The lowest BCUT2D eigenvalue weighted by atomic mass is 10.2. The van der Waals surface area contributed by atoms with Crippen LogP contribution in [0, 0.1) is 19.5 Å². The number of nitrogens with one attached hydrogen (secondary N) is 1. The summed E-state index contributed by atoms with van der Waals surface area (Å²) in [7, 11) is 1.81. The number of nitro groups is 1. The van der Waals surface area contributed by atoms with Gasteiger partial charge in [0.1, 0.15) is 11.5 Å². The van der Waals surface area contributed by atoms with Gasteiger partial charge in [0.2, 0.25) is 0 Å². The third-order valence-electron chi connectivity index (χ3n) is 3.13. The van der Waals surface area contributed by atoms with Crippen molar-refractivity contribution in [3.63, 3.8) is 0 Å². The van der Waals surface area contributed by atoms with E-state index in [1.165, 1.54) is 12.1 Å². The van der Waals surface area contributed by atoms with Gasteiger partial charge in [0.15, 0.2) is 0 Å². The first-order valence-electron chi connectivity index (χ1n) is 6.17. The second-order valence-electron chi connectivity index (χ2n) is 4.51. The summed E-state index contributed by atoms with van der Waals surface area (Å²) in [4.78, 5) is 12.5. The highest BCUT2D eigenvalue weighted by Gasteiger charge is 2.27. The van der Waals surface area contributed by atoms with E-state index in [1.54, 1.807) is 22.6 Å². The van der Waals surface area contributed by atoms with Crippen molar-refractivity contribution in [2.75, 3.05) is 38.2 Å². The van der Waals surface area contributed by atoms with Gasteiger partial charge in [-0.15, -0.1) is 0 Å². The Bertz CT molecular complexity index is 513. The summed E-state index contributed by atoms with van der Waals surface area (Å²) in [6.07, 6.45) is -0.0595. The molecule has 0 saturated carbocycles. The molecule has 6 nitrogen and oxygen atoms in total. The van der Waals surface area contributed by atoms with Crippen LogP contribution in [0.2, 0.25) is 0 Å². The first-order valence-corrected chi connectivity index (χ1v) is 7.25. The van der Waals surface area contributed by atoms with Gasteiger partial charge in [-0.2, -0.15) is 0 Å². The van der Waals surface area contributed by atoms with Gasteiger partial charge < -0.3 is 15.0 Å². The van der Waals surface area contributed by atoms with Gasteiger partial charge in [0.25, 0.3) is 5.69 Å². The second kappa shape index (κ2) is 6.64. The van der Waals surface area contributed by atoms with Crippen molar-refractivity contribution in [1.29, 1.82) is 0 Å². The quantitative estimate of drug-likeness (QED) is 0.478. The fraction of sp³-hybridized carbons (Fsp3) is 0.500. The first-order chi connectivity index (χ1) is 9.52. The normalized spacial score (nSPS) is 19.1. The summed E-state index contributed by atoms with van der Waals surface area (Å²) in [5.74, 6) is -0.442. The van der Waals surface area contributed by atoms with E-state index in [2.05, 4.69) is 5.32 Å². The molecule has 0 aromatic heterocycles. The first kappa shape index (κ1) is 15.4. The van der Waals surface area contributed by atoms with E-state index in [9.17, 15) is 14.5 Å². The zero-order valence-corrected chi connectivity index (χ0v) is 13.1. The van der Waals surface area contributed by atoms with Gasteiger partial charge in [-0.25, -0.2) is 4.39 Å². The molecule has 0 radical (unpaired) electrons. The molecule has 8 heteroatoms. The number of hydrogen-bond donors (Lipinski definition) is 1. The van der Waals surface area contributed by atoms with Gasteiger partial charge >= 0.3 is 0 Å². The third-order valence-corrected chi connectivity index (χ3v) is 3.95. The zero-order chi connectivity index (χ0) is 14.7. The van der Waals surface area contributed by atoms with Crippen LogP contribution in [-0.2, 0) is 4.74 Å². The van der Waals surface area contributed by atoms with Crippen molar-refractivity contribution in [2.24, 2.45) is 0 Å². The van der Waals surface area contributed by atoms with Crippen molar-refractivity contribution in [3.05, 3.63) is 31.6 Å². The minimum absolute atomic E-state index is 0.0595. The van der Waals surface area contributed by atoms with Crippen molar-refractivity contribution < 1.29 is 14.1 Å². The van der Waals surface area contributed by atoms with Crippen LogP contribution in [0.4, 0.5) is 15.8 Å². The Hall–Kier alpha value is -1.00. The number of benzene rings is 1. The largest absolute Gasteiger partial charge is 0.373 e. The lowest BCUT2D eigenvalue weighted by Crippen LogP contribution is -2.46. The fourth-order valence-corrected chi connectivity index (χ4v) is 2.67. The van der Waals surface area contributed by atoms with E-state index in [0.717, 1.165) is 0 Å². The second-order valence-corrected chi connectivity index (χ2v) is 5.67. The molecule has 0 bridgehead atoms. The van der Waals surface area contributed by atoms with E-state index in [0.29, 0.717) is 31.9 Å². The molecule has 1 fully saturated rings. The molecule has 0 aliphatic carbocycles. The predicted molar refractivity (Wildman–Crippen MR) is 81.7 cm³/mol. The van der Waals surface area contributed by atoms with Gasteiger partial charge in [-0.3, -0.25) is 10.1 Å². The maximum absolute atomic E-state index is 13.7. The van der Waals surface area contributed by atoms with Gasteiger partial charge in [0.05, 0.1) is 21.2 Å². The smallest absolute Gasteiger partial charge is 0.293 e. The van der Waals surface area contributed by atoms with Crippen LogP contribution in [-0.4, -0.2) is 44.3 Å². The summed E-state index contributed by atoms with van der Waals surface area (Å²) in [5, 5.41) is 14.2. The van der Waals surface area contributed by atoms with E-state index in [1.807, 2.05) is 11.9 Å². The Morgan fingerprint density at radius 1 is 1.65 bits per heavy atom. The number of rotatable bonds is 4. The SMILES string of the molecule is CNCC1CN(c2cc(F)c(I)cc2[N+](=O)[O-])CCO1. The summed E-state index contributed by atoms with van der Waals surface area (Å²) < 4.78 is 19.5. The standard InChI is InChI=1S/C12H15FIN3O3/c1-15-6-8-7-16(2-3-20-8)11-4-9(13)10(14)5-12(11)17(18)19/h4-5,8,15H,2-3,6-7H2,1H3. The minimum Gasteiger partial charge on any atom is -0.373 e. The molecule has 1 saturated heterocycles. The van der Waals surface area contributed by atoms with Gasteiger partial charge in [-0.05, 0) is 29.6 Å². The van der Waals surface area contributed by atoms with E-state index in [-0.39, 0.29) is 15.4 Å². The van der Waals surface area contributed by atoms with Crippen LogP contribution < -0.4 is 10.2 Å². The number of anilines is 1. The number of ether oxygens (including phenoxy) is 1. The summed E-state index contributed by atoms with van der Waals surface area (Å²) >= 11 is 1.76. The topological polar surface area (TPSA) is 67.6 Å². The molecule has 110 valence electrons. The van der Waals surface area contributed by atoms with E-state index in [4.69, 9.17) is 4.74 Å². The van der Waals surface area contributed by atoms with Crippen molar-refractivity contribution in [2.45, 2.75) is 6.10 Å². The number of likely N-dealkylation sites (N-methyl/N-ethyl adjacent to an activating group) is 1. The van der Waals surface area contributed by atoms with Crippen molar-refractivity contribution in [3.8, 4) is 0 Å². The monoisotopic (exact) mass is 395 g/mol. The average Bonchev–Trinajstić information content (AvgIpc) is 2.42. The van der Waals surface area contributed by atoms with E-state index < -0.39 is 10.7 Å². The molecule has 1 heterocycles. The highest BCUT2D eigenvalue weighted by Crippen LogP contribution is 2.32. The predicted octanol–water partition coefficient (Wildman–Crippen LogP) is 1.76. The third kappa shape index (κ3) is 3.36. The lowest BCUT2D eigenvalue weighted by molar-refractivity contribution is -0.384. The Labute approximate surface area is 129 Å². The Morgan fingerprint density at radius 3 is 3.05 bits per heavy atom. The Morgan fingerprint density at radius 2 is 2.40 bits per heavy atom. The molecular weight excluding hydrogens is 380 g/mol. The fourth-order valence-electron chi connectivity index (χ4n) is 2.21. The molecule has 1 aromatic rings. The Kier molecular flexibility index (Phi) is 5.11. The van der Waals surface area contributed by atoms with Crippen molar-refractivity contribution in [1.82, 2.24) is 5.32 Å². The maximum Gasteiger partial charge on any atom is 0.293 e. The molecule has 1 aliphatic heterocycles. The summed E-state index contributed by atoms with van der Waals surface area (Å²) in [6, 6.07) is 2.51. The van der Waals surface area contributed by atoms with E-state index >= 15 is 0 Å². The number of halogens is 2. The average molecular weight is 395 g/mol.